The molecule has 0 amide bonds. The van der Waals surface area contributed by atoms with Gasteiger partial charge in [-0.1, -0.05) is 0 Å². The zero-order valence-corrected chi connectivity index (χ0v) is 16.2. The molecule has 7 nitrogen and oxygen atoms in total. The minimum Gasteiger partial charge on any atom is -0.486 e. The Morgan fingerprint density at radius 2 is 1.92 bits per heavy atom. The Morgan fingerprint density at radius 3 is 2.62 bits per heavy atom. The van der Waals surface area contributed by atoms with E-state index < -0.39 is 10.0 Å². The van der Waals surface area contributed by atoms with Gasteiger partial charge >= 0.3 is 0 Å². The Bertz CT molecular complexity index is 889. The van der Waals surface area contributed by atoms with Crippen LogP contribution >= 0.6 is 11.3 Å². The van der Waals surface area contributed by atoms with Crippen LogP contribution in [-0.4, -0.2) is 57.1 Å². The van der Waals surface area contributed by atoms with E-state index >= 15 is 0 Å². The summed E-state index contributed by atoms with van der Waals surface area (Å²) in [6, 6.07) is 4.84. The van der Waals surface area contributed by atoms with E-state index in [0.29, 0.717) is 37.8 Å². The lowest BCUT2D eigenvalue weighted by atomic mass is 10.3. The summed E-state index contributed by atoms with van der Waals surface area (Å²) in [5.74, 6) is 1.10. The quantitative estimate of drug-likeness (QED) is 0.806. The van der Waals surface area contributed by atoms with E-state index in [2.05, 4.69) is 10.4 Å². The third kappa shape index (κ3) is 3.57. The smallest absolute Gasteiger partial charge is 0.243 e. The van der Waals surface area contributed by atoms with E-state index in [1.165, 1.54) is 4.90 Å². The van der Waals surface area contributed by atoms with Crippen molar-refractivity contribution in [1.82, 2.24) is 9.29 Å². The number of benzene rings is 1. The second-order valence-electron chi connectivity index (χ2n) is 6.49. The van der Waals surface area contributed by atoms with Crippen molar-refractivity contribution in [2.45, 2.75) is 18.4 Å². The first kappa shape index (κ1) is 17.7. The lowest BCUT2D eigenvalue weighted by Crippen LogP contribution is -3.13. The largest absolute Gasteiger partial charge is 0.486 e. The number of piperazine rings is 1. The number of fused-ring (bicyclic) bond motifs is 1. The van der Waals surface area contributed by atoms with Gasteiger partial charge in [0, 0.05) is 11.4 Å². The molecule has 0 atom stereocenters. The second-order valence-corrected chi connectivity index (χ2v) is 9.49. The van der Waals surface area contributed by atoms with Gasteiger partial charge in [0.15, 0.2) is 11.5 Å². The van der Waals surface area contributed by atoms with Crippen LogP contribution in [0.4, 0.5) is 0 Å². The first-order chi connectivity index (χ1) is 12.5. The van der Waals surface area contributed by atoms with Crippen molar-refractivity contribution in [3.8, 4) is 11.5 Å². The fourth-order valence-corrected chi connectivity index (χ4v) is 5.37. The molecule has 2 aliphatic rings. The number of quaternary nitrogens is 1. The van der Waals surface area contributed by atoms with E-state index in [-0.39, 0.29) is 4.90 Å². The monoisotopic (exact) mass is 396 g/mol. The van der Waals surface area contributed by atoms with Crippen molar-refractivity contribution in [2.24, 2.45) is 0 Å². The summed E-state index contributed by atoms with van der Waals surface area (Å²) in [6.45, 7) is 6.35. The van der Waals surface area contributed by atoms with Gasteiger partial charge in [0.1, 0.15) is 25.5 Å². The SMILES string of the molecule is Cc1nc(C[NH+]2CCN(S(=O)(=O)c3ccc4c(c3)OCCO4)CC2)cs1. The van der Waals surface area contributed by atoms with Gasteiger partial charge in [-0.05, 0) is 19.1 Å². The molecule has 1 aromatic carbocycles. The van der Waals surface area contributed by atoms with Crippen LogP contribution in [0.15, 0.2) is 28.5 Å². The molecule has 2 aromatic rings. The van der Waals surface area contributed by atoms with Gasteiger partial charge in [0.2, 0.25) is 10.0 Å². The third-order valence-electron chi connectivity index (χ3n) is 4.68. The third-order valence-corrected chi connectivity index (χ3v) is 7.40. The van der Waals surface area contributed by atoms with Crippen molar-refractivity contribution in [1.29, 1.82) is 0 Å². The molecule has 1 fully saturated rings. The molecular formula is C17H22N3O4S2+. The van der Waals surface area contributed by atoms with E-state index in [1.807, 2.05) is 6.92 Å². The first-order valence-electron chi connectivity index (χ1n) is 8.67. The Labute approximate surface area is 157 Å². The summed E-state index contributed by atoms with van der Waals surface area (Å²) < 4.78 is 38.4. The molecule has 3 heterocycles. The summed E-state index contributed by atoms with van der Waals surface area (Å²) >= 11 is 1.65. The highest BCUT2D eigenvalue weighted by molar-refractivity contribution is 7.89. The Kier molecular flexibility index (Phi) is 4.87. The van der Waals surface area contributed by atoms with Crippen LogP contribution in [0.1, 0.15) is 10.7 Å². The van der Waals surface area contributed by atoms with Gasteiger partial charge in [-0.3, -0.25) is 0 Å². The zero-order chi connectivity index (χ0) is 18.1. The molecule has 0 aliphatic carbocycles. The fraction of sp³-hybridized carbons (Fsp3) is 0.471. The van der Waals surface area contributed by atoms with Crippen LogP contribution in [-0.2, 0) is 16.6 Å². The molecule has 0 unspecified atom stereocenters. The maximum Gasteiger partial charge on any atom is 0.243 e. The van der Waals surface area contributed by atoms with E-state index in [1.54, 1.807) is 33.8 Å². The average molecular weight is 397 g/mol. The lowest BCUT2D eigenvalue weighted by Gasteiger charge is -2.31. The highest BCUT2D eigenvalue weighted by Crippen LogP contribution is 2.33. The number of nitrogens with one attached hydrogen (secondary N) is 1. The number of hydrogen-bond acceptors (Lipinski definition) is 6. The van der Waals surface area contributed by atoms with Gasteiger partial charge in [-0.25, -0.2) is 13.4 Å². The second kappa shape index (κ2) is 7.15. The Balaban J connectivity index is 1.43. The van der Waals surface area contributed by atoms with Gasteiger partial charge in [0.05, 0.1) is 36.1 Å². The zero-order valence-electron chi connectivity index (χ0n) is 14.6. The molecule has 0 spiro atoms. The molecule has 2 aliphatic heterocycles. The number of nitrogens with zero attached hydrogens (tertiary/aromatic N) is 2. The molecule has 9 heteroatoms. The van der Waals surface area contributed by atoms with Crippen molar-refractivity contribution >= 4 is 21.4 Å². The number of hydrogen-bond donors (Lipinski definition) is 1. The minimum atomic E-state index is -3.52. The number of rotatable bonds is 4. The lowest BCUT2D eigenvalue weighted by molar-refractivity contribution is -0.917. The first-order valence-corrected chi connectivity index (χ1v) is 11.0. The predicted molar refractivity (Wildman–Crippen MR) is 97.4 cm³/mol. The van der Waals surface area contributed by atoms with Crippen molar-refractivity contribution in [3.63, 3.8) is 0 Å². The maximum absolute atomic E-state index is 13.0. The number of aryl methyl sites for hydroxylation is 1. The average Bonchev–Trinajstić information content (AvgIpc) is 3.06. The number of sulfonamides is 1. The van der Waals surface area contributed by atoms with Crippen LogP contribution in [0, 0.1) is 6.92 Å². The summed E-state index contributed by atoms with van der Waals surface area (Å²) in [7, 11) is -3.52. The highest BCUT2D eigenvalue weighted by Gasteiger charge is 2.31. The van der Waals surface area contributed by atoms with Gasteiger partial charge in [-0.2, -0.15) is 4.31 Å². The van der Waals surface area contributed by atoms with E-state index in [0.717, 1.165) is 30.3 Å². The minimum absolute atomic E-state index is 0.264. The van der Waals surface area contributed by atoms with Crippen LogP contribution < -0.4 is 14.4 Å². The van der Waals surface area contributed by atoms with Gasteiger partial charge in [-0.15, -0.1) is 11.3 Å². The standard InChI is InChI=1S/C17H21N3O4S2/c1-13-18-14(12-25-13)11-19-4-6-20(7-5-19)26(21,22)15-2-3-16-17(10-15)24-9-8-23-16/h2-3,10,12H,4-9,11H2,1H3/p+1. The van der Waals surface area contributed by atoms with Crippen LogP contribution in [0.3, 0.4) is 0 Å². The molecule has 1 aromatic heterocycles. The van der Waals surface area contributed by atoms with Gasteiger partial charge < -0.3 is 14.4 Å². The van der Waals surface area contributed by atoms with Crippen LogP contribution in [0.5, 0.6) is 11.5 Å². The molecule has 0 bridgehead atoms. The Hall–Kier alpha value is -1.68. The summed E-state index contributed by atoms with van der Waals surface area (Å²) in [6.07, 6.45) is 0. The molecule has 4 rings (SSSR count). The predicted octanol–water partition coefficient (Wildman–Crippen LogP) is 0.312. The molecule has 0 radical (unpaired) electrons. The van der Waals surface area contributed by atoms with Crippen molar-refractivity contribution in [3.05, 3.63) is 34.3 Å². The number of aromatic nitrogens is 1. The molecule has 0 saturated carbocycles. The molecule has 140 valence electrons. The topological polar surface area (TPSA) is 73.2 Å². The van der Waals surface area contributed by atoms with E-state index in [4.69, 9.17) is 9.47 Å². The van der Waals surface area contributed by atoms with Crippen molar-refractivity contribution < 1.29 is 22.8 Å². The molecule has 26 heavy (non-hydrogen) atoms. The molecule has 1 N–H and O–H groups in total. The molecule has 1 saturated heterocycles. The van der Waals surface area contributed by atoms with E-state index in [9.17, 15) is 8.42 Å². The highest BCUT2D eigenvalue weighted by atomic mass is 32.2. The van der Waals surface area contributed by atoms with Crippen LogP contribution in [0.2, 0.25) is 0 Å². The molecular weight excluding hydrogens is 374 g/mol. The van der Waals surface area contributed by atoms with Crippen molar-refractivity contribution in [2.75, 3.05) is 39.4 Å². The Morgan fingerprint density at radius 1 is 1.19 bits per heavy atom. The number of thiazole rings is 1. The summed E-state index contributed by atoms with van der Waals surface area (Å²) in [5, 5.41) is 3.15. The normalized spacial score (nSPS) is 18.8. The fourth-order valence-electron chi connectivity index (χ4n) is 3.30. The summed E-state index contributed by atoms with van der Waals surface area (Å²) in [4.78, 5) is 6.13. The number of ether oxygens (including phenoxy) is 2. The summed E-state index contributed by atoms with van der Waals surface area (Å²) in [5.41, 5.74) is 1.09. The maximum atomic E-state index is 13.0. The van der Waals surface area contributed by atoms with Gasteiger partial charge in [0.25, 0.3) is 0 Å². The van der Waals surface area contributed by atoms with Crippen LogP contribution in [0.25, 0.3) is 0 Å².